The number of benzene rings is 2. The van der Waals surface area contributed by atoms with Crippen LogP contribution in [0.15, 0.2) is 47.4 Å². The number of halogens is 1. The Balaban J connectivity index is 2.34. The lowest BCUT2D eigenvalue weighted by Crippen LogP contribution is -2.47. The van der Waals surface area contributed by atoms with Crippen molar-refractivity contribution in [1.29, 1.82) is 0 Å². The lowest BCUT2D eigenvalue weighted by atomic mass is 10.0. The molecule has 8 nitrogen and oxygen atoms in total. The van der Waals surface area contributed by atoms with Gasteiger partial charge in [0, 0.05) is 17.1 Å². The van der Waals surface area contributed by atoms with Gasteiger partial charge in [-0.3, -0.25) is 4.72 Å². The summed E-state index contributed by atoms with van der Waals surface area (Å²) < 4.78 is 39.2. The number of esters is 1. The summed E-state index contributed by atoms with van der Waals surface area (Å²) in [6.07, 6.45) is -0.774. The van der Waals surface area contributed by atoms with Gasteiger partial charge in [0.15, 0.2) is 0 Å². The fraction of sp³-hybridized carbons (Fsp3) is 0.440. The van der Waals surface area contributed by atoms with Crippen LogP contribution < -0.4 is 10.0 Å². The van der Waals surface area contributed by atoms with Crippen molar-refractivity contribution in [3.05, 3.63) is 58.6 Å². The average Bonchev–Trinajstić information content (AvgIpc) is 2.67. The smallest absolute Gasteiger partial charge is 0.408 e. The van der Waals surface area contributed by atoms with Crippen LogP contribution in [0, 0.1) is 6.92 Å². The van der Waals surface area contributed by atoms with Crippen LogP contribution in [-0.4, -0.2) is 37.7 Å². The molecule has 0 radical (unpaired) electrons. The summed E-state index contributed by atoms with van der Waals surface area (Å²) >= 11 is 5.87. The summed E-state index contributed by atoms with van der Waals surface area (Å²) in [4.78, 5) is 25.3. The number of alkyl carbamates (subject to hydrolysis) is 1. The van der Waals surface area contributed by atoms with Crippen LogP contribution in [0.4, 0.5) is 10.5 Å². The molecular weight excluding hydrogens is 492 g/mol. The minimum absolute atomic E-state index is 0.00426. The predicted molar refractivity (Wildman–Crippen MR) is 136 cm³/mol. The van der Waals surface area contributed by atoms with E-state index in [1.54, 1.807) is 78.8 Å². The average molecular weight is 525 g/mol. The zero-order valence-corrected chi connectivity index (χ0v) is 22.6. The van der Waals surface area contributed by atoms with Crippen LogP contribution in [0.25, 0.3) is 0 Å². The van der Waals surface area contributed by atoms with E-state index in [-0.39, 0.29) is 11.3 Å². The van der Waals surface area contributed by atoms with Crippen LogP contribution in [0.5, 0.6) is 0 Å². The van der Waals surface area contributed by atoms with Crippen LogP contribution in [0.3, 0.4) is 0 Å². The van der Waals surface area contributed by atoms with E-state index in [4.69, 9.17) is 21.1 Å². The molecule has 1 atom stereocenters. The van der Waals surface area contributed by atoms with E-state index >= 15 is 0 Å². The molecule has 2 aromatic rings. The summed E-state index contributed by atoms with van der Waals surface area (Å²) in [7, 11) is -3.92. The van der Waals surface area contributed by atoms with Gasteiger partial charge in [-0.2, -0.15) is 0 Å². The second-order valence-corrected chi connectivity index (χ2v) is 12.3. The van der Waals surface area contributed by atoms with Gasteiger partial charge in [0.2, 0.25) is 0 Å². The molecule has 0 saturated heterocycles. The van der Waals surface area contributed by atoms with E-state index in [1.165, 1.54) is 12.1 Å². The number of nitrogens with one attached hydrogen (secondary N) is 2. The Morgan fingerprint density at radius 3 is 2.06 bits per heavy atom. The first-order valence-electron chi connectivity index (χ1n) is 11.1. The van der Waals surface area contributed by atoms with Crippen LogP contribution >= 0.6 is 11.6 Å². The van der Waals surface area contributed by atoms with Crippen molar-refractivity contribution in [3.8, 4) is 0 Å². The largest absolute Gasteiger partial charge is 0.458 e. The number of sulfonamides is 1. The first-order chi connectivity index (χ1) is 15.9. The van der Waals surface area contributed by atoms with E-state index in [0.29, 0.717) is 16.3 Å². The lowest BCUT2D eigenvalue weighted by Gasteiger charge is -2.26. The summed E-state index contributed by atoms with van der Waals surface area (Å²) in [5, 5.41) is 3.04. The Bertz CT molecular complexity index is 1170. The van der Waals surface area contributed by atoms with Crippen molar-refractivity contribution < 1.29 is 27.5 Å². The molecule has 0 spiro atoms. The highest BCUT2D eigenvalue weighted by Crippen LogP contribution is 2.22. The van der Waals surface area contributed by atoms with Gasteiger partial charge in [0.05, 0.1) is 4.90 Å². The van der Waals surface area contributed by atoms with Crippen molar-refractivity contribution in [2.24, 2.45) is 0 Å². The van der Waals surface area contributed by atoms with E-state index in [9.17, 15) is 18.0 Å². The first kappa shape index (κ1) is 28.5. The number of amides is 1. The minimum atomic E-state index is -3.92. The summed E-state index contributed by atoms with van der Waals surface area (Å²) in [6.45, 7) is 12.1. The maximum atomic E-state index is 13.0. The fourth-order valence-corrected chi connectivity index (χ4v) is 4.24. The van der Waals surface area contributed by atoms with Gasteiger partial charge in [-0.05, 0) is 96.0 Å². The molecule has 35 heavy (non-hydrogen) atoms. The second-order valence-electron chi connectivity index (χ2n) is 10.1. The lowest BCUT2D eigenvalue weighted by molar-refractivity contribution is -0.157. The van der Waals surface area contributed by atoms with E-state index in [2.05, 4.69) is 10.0 Å². The molecular formula is C25H33ClN2O6S. The monoisotopic (exact) mass is 524 g/mol. The quantitative estimate of drug-likeness (QED) is 0.480. The third-order valence-electron chi connectivity index (χ3n) is 4.53. The highest BCUT2D eigenvalue weighted by Gasteiger charge is 2.30. The van der Waals surface area contributed by atoms with Gasteiger partial charge in [0.25, 0.3) is 10.0 Å². The van der Waals surface area contributed by atoms with Crippen LogP contribution in [0.2, 0.25) is 5.02 Å². The highest BCUT2D eigenvalue weighted by atomic mass is 35.5. The van der Waals surface area contributed by atoms with E-state index in [0.717, 1.165) is 5.56 Å². The number of aryl methyl sites for hydroxylation is 1. The first-order valence-corrected chi connectivity index (χ1v) is 12.9. The SMILES string of the molecule is Cc1ccc(S(=O)(=O)Nc2ccc(Cl)cc2)cc1C[C@H](NC(=O)OC(C)(C)C)C(=O)OC(C)(C)C. The normalized spacial score (nSPS) is 13.0. The third-order valence-corrected chi connectivity index (χ3v) is 6.16. The highest BCUT2D eigenvalue weighted by molar-refractivity contribution is 7.92. The molecule has 0 aliphatic rings. The molecule has 2 aromatic carbocycles. The van der Waals surface area contributed by atoms with Crippen LogP contribution in [0.1, 0.15) is 52.7 Å². The maximum absolute atomic E-state index is 13.0. The Morgan fingerprint density at radius 1 is 0.943 bits per heavy atom. The van der Waals surface area contributed by atoms with E-state index < -0.39 is 39.3 Å². The zero-order chi connectivity index (χ0) is 26.6. The fourth-order valence-electron chi connectivity index (χ4n) is 3.00. The molecule has 0 aliphatic carbocycles. The van der Waals surface area contributed by atoms with Gasteiger partial charge in [-0.15, -0.1) is 0 Å². The van der Waals surface area contributed by atoms with E-state index in [1.807, 2.05) is 0 Å². The van der Waals surface area contributed by atoms with Crippen molar-refractivity contribution in [1.82, 2.24) is 5.32 Å². The Labute approximate surface area is 212 Å². The van der Waals surface area contributed by atoms with Gasteiger partial charge in [-0.25, -0.2) is 18.0 Å². The molecule has 2 N–H and O–H groups in total. The molecule has 0 unspecified atom stereocenters. The second kappa shape index (κ2) is 10.9. The van der Waals surface area contributed by atoms with Crippen molar-refractivity contribution in [3.63, 3.8) is 0 Å². The minimum Gasteiger partial charge on any atom is -0.458 e. The van der Waals surface area contributed by atoms with Gasteiger partial charge >= 0.3 is 12.1 Å². The van der Waals surface area contributed by atoms with Gasteiger partial charge in [0.1, 0.15) is 17.2 Å². The Hall–Kier alpha value is -2.78. The molecule has 1 amide bonds. The molecule has 192 valence electrons. The number of carbonyl (C=O) groups is 2. The standard InChI is InChI=1S/C25H33ClN2O6S/c1-16-8-13-20(35(31,32)28-19-11-9-18(26)10-12-19)14-17(16)15-21(22(29)33-24(2,3)4)27-23(30)34-25(5,6)7/h8-14,21,28H,15H2,1-7H3,(H,27,30)/t21-/m0/s1. The maximum Gasteiger partial charge on any atom is 0.408 e. The summed E-state index contributed by atoms with van der Waals surface area (Å²) in [5.74, 6) is -0.657. The van der Waals surface area contributed by atoms with Crippen LogP contribution in [-0.2, 0) is 30.7 Å². The Morgan fingerprint density at radius 2 is 1.51 bits per heavy atom. The Kier molecular flexibility index (Phi) is 8.84. The summed E-state index contributed by atoms with van der Waals surface area (Å²) in [6, 6.07) is 9.76. The zero-order valence-electron chi connectivity index (χ0n) is 21.1. The number of rotatable bonds is 7. The van der Waals surface area contributed by atoms with Crippen molar-refractivity contribution in [2.45, 2.75) is 77.0 Å². The molecule has 0 bridgehead atoms. The molecule has 0 fully saturated rings. The molecule has 0 aromatic heterocycles. The number of hydrogen-bond acceptors (Lipinski definition) is 6. The van der Waals surface area contributed by atoms with Gasteiger partial charge in [-0.1, -0.05) is 17.7 Å². The number of ether oxygens (including phenoxy) is 2. The molecule has 0 aliphatic heterocycles. The van der Waals surface area contributed by atoms with Gasteiger partial charge < -0.3 is 14.8 Å². The molecule has 10 heteroatoms. The topological polar surface area (TPSA) is 111 Å². The number of hydrogen-bond donors (Lipinski definition) is 2. The molecule has 2 rings (SSSR count). The third kappa shape index (κ3) is 9.41. The summed E-state index contributed by atoms with van der Waals surface area (Å²) in [5.41, 5.74) is 0.105. The number of carbonyl (C=O) groups excluding carboxylic acids is 2. The number of anilines is 1. The predicted octanol–water partition coefficient (Wildman–Crippen LogP) is 5.23. The van der Waals surface area contributed by atoms with Crippen molar-refractivity contribution >= 4 is 39.4 Å². The van der Waals surface area contributed by atoms with Crippen molar-refractivity contribution in [2.75, 3.05) is 4.72 Å². The molecule has 0 saturated carbocycles. The molecule has 0 heterocycles.